The van der Waals surface area contributed by atoms with E-state index in [0.29, 0.717) is 40.2 Å². The summed E-state index contributed by atoms with van der Waals surface area (Å²) in [6.07, 6.45) is 4.99. The van der Waals surface area contributed by atoms with Gasteiger partial charge in [0.25, 0.3) is 0 Å². The Kier molecular flexibility index (Phi) is 10.0. The number of aromatic nitrogens is 1. The molecule has 5 rings (SSSR count). The van der Waals surface area contributed by atoms with Crippen LogP contribution in [0.5, 0.6) is 17.2 Å². The minimum Gasteiger partial charge on any atom is -0.489 e. The SMILES string of the molecule is O=Cc1c([C@@H](Cc2c(Cl)c[n+](O)cc2Cl)c2ccc(OC(F)F)c(OCC3CC3)c2)ccc(C(=O)O)c1OCc1ccccc1. The van der Waals surface area contributed by atoms with Gasteiger partial charge in [-0.05, 0) is 60.1 Å². The van der Waals surface area contributed by atoms with Crippen LogP contribution in [-0.4, -0.2) is 35.8 Å². The van der Waals surface area contributed by atoms with Gasteiger partial charge in [-0.2, -0.15) is 8.78 Å². The minimum absolute atomic E-state index is 0.0122. The zero-order chi connectivity index (χ0) is 32.1. The van der Waals surface area contributed by atoms with Crippen LogP contribution in [0.1, 0.15) is 61.7 Å². The van der Waals surface area contributed by atoms with Crippen LogP contribution < -0.4 is 18.9 Å². The number of carboxylic acid groups (broad SMARTS) is 1. The smallest absolute Gasteiger partial charge is 0.387 e. The summed E-state index contributed by atoms with van der Waals surface area (Å²) in [6, 6.07) is 16.3. The van der Waals surface area contributed by atoms with Crippen molar-refractivity contribution in [2.24, 2.45) is 5.92 Å². The maximum absolute atomic E-state index is 13.3. The van der Waals surface area contributed by atoms with Gasteiger partial charge in [-0.1, -0.05) is 65.7 Å². The molecule has 1 atom stereocenters. The molecule has 234 valence electrons. The van der Waals surface area contributed by atoms with Crippen molar-refractivity contribution in [2.45, 2.75) is 38.4 Å². The molecule has 3 aromatic carbocycles. The van der Waals surface area contributed by atoms with Crippen molar-refractivity contribution >= 4 is 35.5 Å². The van der Waals surface area contributed by atoms with Crippen LogP contribution >= 0.6 is 23.2 Å². The van der Waals surface area contributed by atoms with Crippen molar-refractivity contribution in [3.05, 3.63) is 116 Å². The number of pyridine rings is 1. The molecule has 0 radical (unpaired) electrons. The molecule has 0 unspecified atom stereocenters. The van der Waals surface area contributed by atoms with Crippen molar-refractivity contribution in [2.75, 3.05) is 6.61 Å². The Balaban J connectivity index is 1.65. The van der Waals surface area contributed by atoms with Crippen LogP contribution in [0.4, 0.5) is 8.78 Å². The molecule has 0 saturated heterocycles. The second kappa shape index (κ2) is 14.1. The topological polar surface area (TPSA) is 106 Å². The second-order valence-corrected chi connectivity index (χ2v) is 11.4. The lowest BCUT2D eigenvalue weighted by Crippen LogP contribution is -2.29. The number of nitrogens with zero attached hydrogens (tertiary/aromatic N) is 1. The predicted molar refractivity (Wildman–Crippen MR) is 160 cm³/mol. The molecule has 0 aliphatic heterocycles. The zero-order valence-electron chi connectivity index (χ0n) is 23.7. The highest BCUT2D eigenvalue weighted by Crippen LogP contribution is 2.42. The number of ether oxygens (including phenoxy) is 3. The summed E-state index contributed by atoms with van der Waals surface area (Å²) >= 11 is 13.0. The Morgan fingerprint density at radius 2 is 1.71 bits per heavy atom. The number of carboxylic acids is 1. The fraction of sp³-hybridized carbons (Fsp3) is 0.242. The summed E-state index contributed by atoms with van der Waals surface area (Å²) in [4.78, 5) is 25.0. The van der Waals surface area contributed by atoms with Crippen molar-refractivity contribution in [1.29, 1.82) is 0 Å². The first kappa shape index (κ1) is 32.0. The van der Waals surface area contributed by atoms with Gasteiger partial charge in [0.15, 0.2) is 17.8 Å². The lowest BCUT2D eigenvalue weighted by molar-refractivity contribution is -0.904. The van der Waals surface area contributed by atoms with Gasteiger partial charge in [0, 0.05) is 16.2 Å². The third kappa shape index (κ3) is 7.82. The summed E-state index contributed by atoms with van der Waals surface area (Å²) in [6.45, 7) is -2.79. The lowest BCUT2D eigenvalue weighted by Gasteiger charge is -2.24. The Labute approximate surface area is 267 Å². The van der Waals surface area contributed by atoms with E-state index in [1.807, 2.05) is 6.07 Å². The highest BCUT2D eigenvalue weighted by Gasteiger charge is 2.29. The highest BCUT2D eigenvalue weighted by atomic mass is 35.5. The van der Waals surface area contributed by atoms with E-state index in [2.05, 4.69) is 0 Å². The van der Waals surface area contributed by atoms with Gasteiger partial charge in [0.05, 0.1) is 12.2 Å². The van der Waals surface area contributed by atoms with Crippen LogP contribution in [-0.2, 0) is 13.0 Å². The monoisotopic (exact) mass is 658 g/mol. The number of carbonyl (C=O) groups excluding carboxylic acids is 1. The number of aldehydes is 1. The summed E-state index contributed by atoms with van der Waals surface area (Å²) < 4.78 is 43.8. The Hall–Kier alpha value is -4.41. The lowest BCUT2D eigenvalue weighted by atomic mass is 9.82. The molecule has 2 N–H and O–H groups in total. The zero-order valence-corrected chi connectivity index (χ0v) is 25.2. The molecule has 1 heterocycles. The van der Waals surface area contributed by atoms with Crippen LogP contribution in [0.25, 0.3) is 0 Å². The molecule has 4 aromatic rings. The van der Waals surface area contributed by atoms with Gasteiger partial charge < -0.3 is 19.3 Å². The van der Waals surface area contributed by atoms with Gasteiger partial charge >= 0.3 is 12.6 Å². The van der Waals surface area contributed by atoms with E-state index < -0.39 is 18.5 Å². The fourth-order valence-corrected chi connectivity index (χ4v) is 5.59. The summed E-state index contributed by atoms with van der Waals surface area (Å²) in [5.41, 5.74) is 1.79. The molecule has 0 amide bonds. The largest absolute Gasteiger partial charge is 0.489 e. The average molecular weight is 659 g/mol. The molecule has 1 fully saturated rings. The van der Waals surface area contributed by atoms with Gasteiger partial charge in [0.2, 0.25) is 12.4 Å². The van der Waals surface area contributed by atoms with E-state index >= 15 is 0 Å². The second-order valence-electron chi connectivity index (χ2n) is 10.6. The number of halogens is 4. The molecule has 1 saturated carbocycles. The summed E-state index contributed by atoms with van der Waals surface area (Å²) in [5.74, 6) is -1.95. The van der Waals surface area contributed by atoms with E-state index in [4.69, 9.17) is 37.4 Å². The number of alkyl halides is 2. The van der Waals surface area contributed by atoms with Gasteiger partial charge in [-0.3, -0.25) is 10.0 Å². The van der Waals surface area contributed by atoms with Crippen LogP contribution in [0.15, 0.2) is 73.1 Å². The normalized spacial score (nSPS) is 13.4. The molecule has 0 spiro atoms. The van der Waals surface area contributed by atoms with E-state index in [-0.39, 0.29) is 51.4 Å². The number of aromatic carboxylic acids is 1. The maximum atomic E-state index is 13.3. The summed E-state index contributed by atoms with van der Waals surface area (Å²) in [5, 5.41) is 20.1. The number of rotatable bonds is 14. The van der Waals surface area contributed by atoms with Crippen LogP contribution in [0.3, 0.4) is 0 Å². The Morgan fingerprint density at radius 3 is 2.33 bits per heavy atom. The van der Waals surface area contributed by atoms with Crippen LogP contribution in [0, 0.1) is 5.92 Å². The van der Waals surface area contributed by atoms with E-state index in [1.165, 1.54) is 30.6 Å². The number of hydrogen-bond acceptors (Lipinski definition) is 6. The maximum Gasteiger partial charge on any atom is 0.387 e. The first-order valence-electron chi connectivity index (χ1n) is 14.0. The number of benzene rings is 3. The van der Waals surface area contributed by atoms with Crippen molar-refractivity contribution in [1.82, 2.24) is 0 Å². The van der Waals surface area contributed by atoms with E-state index in [9.17, 15) is 28.7 Å². The molecule has 1 aliphatic carbocycles. The molecule has 1 aromatic heterocycles. The van der Waals surface area contributed by atoms with E-state index in [0.717, 1.165) is 18.4 Å². The Bertz CT molecular complexity index is 1680. The van der Waals surface area contributed by atoms with Crippen molar-refractivity contribution in [3.63, 3.8) is 0 Å². The number of carbonyl (C=O) groups is 2. The van der Waals surface area contributed by atoms with Gasteiger partial charge in [-0.25, -0.2) is 4.79 Å². The highest BCUT2D eigenvalue weighted by molar-refractivity contribution is 6.35. The molecular weight excluding hydrogens is 631 g/mol. The molecule has 8 nitrogen and oxygen atoms in total. The third-order valence-electron chi connectivity index (χ3n) is 7.41. The van der Waals surface area contributed by atoms with Crippen LogP contribution in [0.2, 0.25) is 10.0 Å². The van der Waals surface area contributed by atoms with Crippen molar-refractivity contribution < 1.29 is 47.6 Å². The molecule has 12 heteroatoms. The molecular formula is C33H28Cl2F2NO7+. The number of hydrogen-bond donors (Lipinski definition) is 2. The fourth-order valence-electron chi connectivity index (χ4n) is 4.98. The molecule has 1 aliphatic rings. The molecule has 45 heavy (non-hydrogen) atoms. The third-order valence-corrected chi connectivity index (χ3v) is 8.06. The van der Waals surface area contributed by atoms with E-state index in [1.54, 1.807) is 36.4 Å². The Morgan fingerprint density at radius 1 is 1.00 bits per heavy atom. The van der Waals surface area contributed by atoms with Crippen molar-refractivity contribution in [3.8, 4) is 17.2 Å². The average Bonchev–Trinajstić information content (AvgIpc) is 3.84. The van der Waals surface area contributed by atoms with Gasteiger partial charge in [-0.15, -0.1) is 0 Å². The summed E-state index contributed by atoms with van der Waals surface area (Å²) in [7, 11) is 0. The quantitative estimate of drug-likeness (QED) is 0.0827. The predicted octanol–water partition coefficient (Wildman–Crippen LogP) is 7.37. The first-order valence-corrected chi connectivity index (χ1v) is 14.7. The van der Waals surface area contributed by atoms with Gasteiger partial charge in [0.1, 0.15) is 28.0 Å². The minimum atomic E-state index is -3.09. The molecule has 0 bridgehead atoms. The standard InChI is InChI=1S/C33H27Cl2F2NO7/c34-27-14-38(42)15-28(35)25(27)13-24(21-8-11-29(45-33(36)37)30(12-21)43-17-20-6-7-20)22-9-10-23(32(40)41)31(26(22)16-39)44-18-19-4-2-1-3-5-19/h1-5,8-12,14-16,20,24,33H,6-7,13,17-18H2,(H-,40,41,42)/p+1/t24-/m0/s1. The first-order chi connectivity index (χ1) is 21.6.